The van der Waals surface area contributed by atoms with E-state index in [4.69, 9.17) is 0 Å². The van der Waals surface area contributed by atoms with Crippen LogP contribution in [0, 0.1) is 18.3 Å². The largest absolute Gasteiger partial charge is 0.103 e. The van der Waals surface area contributed by atoms with E-state index in [2.05, 4.69) is 103 Å². The Kier molecular flexibility index (Phi) is 9.56. The highest BCUT2D eigenvalue weighted by atomic mass is 14.4. The first kappa shape index (κ1) is 23.2. The summed E-state index contributed by atoms with van der Waals surface area (Å²) in [5.41, 5.74) is 5.60. The third-order valence-electron chi connectivity index (χ3n) is 6.07. The molecule has 0 nitrogen and oxygen atoms in total. The molecule has 1 aromatic carbocycles. The van der Waals surface area contributed by atoms with Crippen molar-refractivity contribution in [3.05, 3.63) is 84.0 Å². The summed E-state index contributed by atoms with van der Waals surface area (Å²) in [5, 5.41) is 0. The van der Waals surface area contributed by atoms with Gasteiger partial charge in [0.15, 0.2) is 0 Å². The lowest BCUT2D eigenvalue weighted by Gasteiger charge is -2.37. The van der Waals surface area contributed by atoms with Crippen LogP contribution in [0.2, 0.25) is 0 Å². The summed E-state index contributed by atoms with van der Waals surface area (Å²) in [5.74, 6) is 0.955. The Morgan fingerprint density at radius 2 is 1.81 bits per heavy atom. The van der Waals surface area contributed by atoms with Gasteiger partial charge in [0.05, 0.1) is 0 Å². The zero-order chi connectivity index (χ0) is 20.4. The molecule has 0 amide bonds. The molecule has 0 N–H and O–H groups in total. The van der Waals surface area contributed by atoms with E-state index in [0.29, 0.717) is 11.8 Å². The van der Waals surface area contributed by atoms with Gasteiger partial charge in [0.25, 0.3) is 0 Å². The summed E-state index contributed by atoms with van der Waals surface area (Å²) in [6.45, 7) is 21.9. The Bertz CT molecular complexity index is 656. The summed E-state index contributed by atoms with van der Waals surface area (Å²) >= 11 is 0. The van der Waals surface area contributed by atoms with E-state index < -0.39 is 0 Å². The number of hydrogen-bond acceptors (Lipinski definition) is 0. The van der Waals surface area contributed by atoms with E-state index in [9.17, 15) is 0 Å². The maximum Gasteiger partial charge on any atom is -0.00816 e. The van der Waals surface area contributed by atoms with Gasteiger partial charge in [-0.05, 0) is 62.3 Å². The quantitative estimate of drug-likeness (QED) is 0.272. The summed E-state index contributed by atoms with van der Waals surface area (Å²) in [6, 6.07) is 9.06. The van der Waals surface area contributed by atoms with Crippen LogP contribution < -0.4 is 0 Å². The fourth-order valence-corrected chi connectivity index (χ4v) is 3.80. The molecule has 0 aliphatic heterocycles. The zero-order valence-electron chi connectivity index (χ0n) is 18.5. The molecule has 0 bridgehead atoms. The Hall–Kier alpha value is -1.82. The average Bonchev–Trinajstić information content (AvgIpc) is 2.64. The molecule has 1 aromatic rings. The van der Waals surface area contributed by atoms with Crippen LogP contribution in [0.1, 0.15) is 77.3 Å². The molecule has 0 aliphatic rings. The van der Waals surface area contributed by atoms with E-state index in [1.807, 2.05) is 0 Å². The summed E-state index contributed by atoms with van der Waals surface area (Å²) < 4.78 is 0. The molecule has 3 atom stereocenters. The predicted molar refractivity (Wildman–Crippen MR) is 123 cm³/mol. The Morgan fingerprint density at radius 1 is 1.19 bits per heavy atom. The van der Waals surface area contributed by atoms with Gasteiger partial charge in [-0.1, -0.05) is 99.6 Å². The normalized spacial score (nSPS) is 16.7. The highest BCUT2D eigenvalue weighted by Crippen LogP contribution is 2.44. The van der Waals surface area contributed by atoms with Crippen LogP contribution >= 0.6 is 0 Å². The molecule has 0 saturated carbocycles. The summed E-state index contributed by atoms with van der Waals surface area (Å²) in [6.07, 6.45) is 13.1. The first-order valence-corrected chi connectivity index (χ1v) is 10.5. The van der Waals surface area contributed by atoms with Gasteiger partial charge in [-0.25, -0.2) is 0 Å². The van der Waals surface area contributed by atoms with Crippen LogP contribution in [0.25, 0.3) is 0 Å². The molecule has 0 radical (unpaired) electrons. The average molecular weight is 365 g/mol. The molecule has 0 fully saturated rings. The van der Waals surface area contributed by atoms with Gasteiger partial charge >= 0.3 is 0 Å². The molecule has 0 heteroatoms. The molecule has 0 spiro atoms. The van der Waals surface area contributed by atoms with Crippen molar-refractivity contribution in [1.29, 1.82) is 0 Å². The first-order valence-electron chi connectivity index (χ1n) is 10.5. The van der Waals surface area contributed by atoms with Crippen molar-refractivity contribution in [3.8, 4) is 0 Å². The molecular formula is C27H40. The Morgan fingerprint density at radius 3 is 2.30 bits per heavy atom. The van der Waals surface area contributed by atoms with Crippen LogP contribution in [0.5, 0.6) is 0 Å². The van der Waals surface area contributed by atoms with Crippen molar-refractivity contribution < 1.29 is 0 Å². The third kappa shape index (κ3) is 6.69. The van der Waals surface area contributed by atoms with Crippen molar-refractivity contribution >= 4 is 0 Å². The van der Waals surface area contributed by atoms with E-state index in [0.717, 1.165) is 25.7 Å². The lowest BCUT2D eigenvalue weighted by Crippen LogP contribution is -2.25. The predicted octanol–water partition coefficient (Wildman–Crippen LogP) is 8.57. The van der Waals surface area contributed by atoms with Crippen LogP contribution in [-0.4, -0.2) is 0 Å². The molecule has 27 heavy (non-hydrogen) atoms. The van der Waals surface area contributed by atoms with E-state index in [1.165, 1.54) is 22.3 Å². The molecule has 1 rings (SSSR count). The van der Waals surface area contributed by atoms with Gasteiger partial charge in [0.2, 0.25) is 0 Å². The highest BCUT2D eigenvalue weighted by Gasteiger charge is 2.32. The summed E-state index contributed by atoms with van der Waals surface area (Å²) in [4.78, 5) is 0. The molecule has 3 unspecified atom stereocenters. The van der Waals surface area contributed by atoms with Gasteiger partial charge in [-0.15, -0.1) is 6.58 Å². The van der Waals surface area contributed by atoms with Crippen LogP contribution in [-0.2, 0) is 0 Å². The lowest BCUT2D eigenvalue weighted by molar-refractivity contribution is 0.289. The molecule has 148 valence electrons. The van der Waals surface area contributed by atoms with Crippen LogP contribution in [0.4, 0.5) is 0 Å². The third-order valence-corrected chi connectivity index (χ3v) is 6.07. The SMILES string of the molecule is C=CCC(C)(CC(/C(=C/C=C\CC)CC)C(C)c1ccc(C)cc1)C(=C)C. The number of benzene rings is 1. The Balaban J connectivity index is 3.34. The highest BCUT2D eigenvalue weighted by molar-refractivity contribution is 5.29. The minimum atomic E-state index is 0.0775. The van der Waals surface area contributed by atoms with E-state index in [1.54, 1.807) is 0 Å². The van der Waals surface area contributed by atoms with Gasteiger partial charge in [0.1, 0.15) is 0 Å². The minimum absolute atomic E-state index is 0.0775. The number of allylic oxidation sites excluding steroid dienone is 6. The molecule has 0 saturated heterocycles. The van der Waals surface area contributed by atoms with Crippen molar-refractivity contribution in [1.82, 2.24) is 0 Å². The molecule has 0 heterocycles. The van der Waals surface area contributed by atoms with Gasteiger partial charge in [-0.3, -0.25) is 0 Å². The maximum atomic E-state index is 4.32. The fourth-order valence-electron chi connectivity index (χ4n) is 3.80. The standard InChI is InChI=1S/C27H40/c1-9-12-13-14-24(11-3)26(20-27(8,19-10-2)21(4)5)23(7)25-17-15-22(6)16-18-25/h10,12-18,23,26H,2,4,9,11,19-20H2,1,3,5-8H3/b13-12-,24-14+. The molecule has 0 aromatic heterocycles. The summed E-state index contributed by atoms with van der Waals surface area (Å²) in [7, 11) is 0. The second-order valence-corrected chi connectivity index (χ2v) is 8.28. The zero-order valence-corrected chi connectivity index (χ0v) is 18.5. The van der Waals surface area contributed by atoms with Crippen molar-refractivity contribution in [3.63, 3.8) is 0 Å². The maximum absolute atomic E-state index is 4.32. The first-order chi connectivity index (χ1) is 12.8. The number of aryl methyl sites for hydroxylation is 1. The monoisotopic (exact) mass is 364 g/mol. The van der Waals surface area contributed by atoms with Crippen molar-refractivity contribution in [2.24, 2.45) is 11.3 Å². The van der Waals surface area contributed by atoms with Gasteiger partial charge in [0, 0.05) is 0 Å². The van der Waals surface area contributed by atoms with Gasteiger partial charge < -0.3 is 0 Å². The van der Waals surface area contributed by atoms with Crippen molar-refractivity contribution in [2.75, 3.05) is 0 Å². The Labute approximate surface area is 168 Å². The topological polar surface area (TPSA) is 0 Å². The second-order valence-electron chi connectivity index (χ2n) is 8.28. The molecule has 0 aliphatic carbocycles. The molecular weight excluding hydrogens is 324 g/mol. The van der Waals surface area contributed by atoms with Crippen LogP contribution in [0.15, 0.2) is 72.9 Å². The lowest BCUT2D eigenvalue weighted by atomic mass is 9.67. The van der Waals surface area contributed by atoms with Gasteiger partial charge in [-0.2, -0.15) is 0 Å². The second kappa shape index (κ2) is 11.1. The number of hydrogen-bond donors (Lipinski definition) is 0. The van der Waals surface area contributed by atoms with E-state index >= 15 is 0 Å². The fraction of sp³-hybridized carbons (Fsp3) is 0.481. The number of rotatable bonds is 11. The minimum Gasteiger partial charge on any atom is -0.103 e. The van der Waals surface area contributed by atoms with Crippen molar-refractivity contribution in [2.45, 2.75) is 73.1 Å². The van der Waals surface area contributed by atoms with Crippen LogP contribution in [0.3, 0.4) is 0 Å². The van der Waals surface area contributed by atoms with E-state index in [-0.39, 0.29) is 5.41 Å². The smallest absolute Gasteiger partial charge is 0.00816 e.